The first-order valence-electron chi connectivity index (χ1n) is 5.48. The topological polar surface area (TPSA) is 9.23 Å². The van der Waals surface area contributed by atoms with Crippen molar-refractivity contribution < 1.29 is 4.74 Å². The van der Waals surface area contributed by atoms with Crippen molar-refractivity contribution in [3.63, 3.8) is 0 Å². The fraction of sp³-hybridized carbons (Fsp3) is 1.00. The van der Waals surface area contributed by atoms with E-state index in [1.165, 1.54) is 44.3 Å². The van der Waals surface area contributed by atoms with Crippen LogP contribution in [-0.2, 0) is 4.74 Å². The second-order valence-corrected chi connectivity index (χ2v) is 4.36. The monoisotopic (exact) mass is 204 g/mol. The van der Waals surface area contributed by atoms with E-state index < -0.39 is 0 Å². The molecule has 0 fully saturated rings. The van der Waals surface area contributed by atoms with Gasteiger partial charge < -0.3 is 4.74 Å². The Balaban J connectivity index is 2.76. The van der Waals surface area contributed by atoms with Gasteiger partial charge in [-0.1, -0.05) is 26.2 Å². The zero-order chi connectivity index (χ0) is 9.78. The third-order valence-electron chi connectivity index (χ3n) is 2.03. The van der Waals surface area contributed by atoms with Gasteiger partial charge in [-0.25, -0.2) is 0 Å². The van der Waals surface area contributed by atoms with E-state index >= 15 is 0 Å². The summed E-state index contributed by atoms with van der Waals surface area (Å²) in [6.07, 6.45) is 9.94. The second kappa shape index (κ2) is 12.3. The van der Waals surface area contributed by atoms with Crippen LogP contribution >= 0.6 is 11.8 Å². The summed E-state index contributed by atoms with van der Waals surface area (Å²) < 4.78 is 5.52. The molecular weight excluding hydrogens is 180 g/mol. The first-order valence-corrected chi connectivity index (χ1v) is 6.88. The van der Waals surface area contributed by atoms with Gasteiger partial charge in [0.1, 0.15) is 0 Å². The van der Waals surface area contributed by atoms with Crippen LogP contribution in [-0.4, -0.2) is 25.2 Å². The number of hydrogen-bond acceptors (Lipinski definition) is 2. The molecule has 0 rings (SSSR count). The Hall–Kier alpha value is 0.310. The molecule has 0 aromatic rings. The molecule has 1 nitrogen and oxygen atoms in total. The quantitative estimate of drug-likeness (QED) is 0.502. The van der Waals surface area contributed by atoms with Gasteiger partial charge >= 0.3 is 0 Å². The standard InChI is InChI=1S/C11H24OS/c1-3-4-5-6-9-12-10-7-8-11-13-2/h3-11H2,1-2H3. The lowest BCUT2D eigenvalue weighted by molar-refractivity contribution is 0.127. The zero-order valence-electron chi connectivity index (χ0n) is 9.18. The summed E-state index contributed by atoms with van der Waals surface area (Å²) in [5.41, 5.74) is 0. The number of hydrogen-bond donors (Lipinski definition) is 0. The minimum Gasteiger partial charge on any atom is -0.381 e. The van der Waals surface area contributed by atoms with Gasteiger partial charge in [-0.05, 0) is 31.3 Å². The Morgan fingerprint density at radius 3 is 2.23 bits per heavy atom. The Labute approximate surface area is 87.6 Å². The van der Waals surface area contributed by atoms with E-state index in [-0.39, 0.29) is 0 Å². The van der Waals surface area contributed by atoms with Gasteiger partial charge in [-0.15, -0.1) is 0 Å². The summed E-state index contributed by atoms with van der Waals surface area (Å²) in [6, 6.07) is 0. The smallest absolute Gasteiger partial charge is 0.0466 e. The summed E-state index contributed by atoms with van der Waals surface area (Å²) in [6.45, 7) is 4.18. The third-order valence-corrected chi connectivity index (χ3v) is 2.73. The van der Waals surface area contributed by atoms with Crippen LogP contribution in [0.1, 0.15) is 45.4 Å². The van der Waals surface area contributed by atoms with Gasteiger partial charge in [-0.3, -0.25) is 0 Å². The summed E-state index contributed by atoms with van der Waals surface area (Å²) in [4.78, 5) is 0. The highest BCUT2D eigenvalue weighted by molar-refractivity contribution is 7.98. The fourth-order valence-corrected chi connectivity index (χ4v) is 1.68. The summed E-state index contributed by atoms with van der Waals surface area (Å²) in [7, 11) is 0. The van der Waals surface area contributed by atoms with Crippen LogP contribution in [0.3, 0.4) is 0 Å². The van der Waals surface area contributed by atoms with Crippen LogP contribution < -0.4 is 0 Å². The largest absolute Gasteiger partial charge is 0.381 e. The molecule has 0 unspecified atom stereocenters. The van der Waals surface area contributed by atoms with E-state index in [4.69, 9.17) is 4.74 Å². The molecule has 0 aliphatic heterocycles. The van der Waals surface area contributed by atoms with E-state index in [2.05, 4.69) is 13.2 Å². The molecule has 0 bridgehead atoms. The predicted molar refractivity (Wildman–Crippen MR) is 62.6 cm³/mol. The zero-order valence-corrected chi connectivity index (χ0v) is 10.00. The normalized spacial score (nSPS) is 10.6. The molecule has 13 heavy (non-hydrogen) atoms. The second-order valence-electron chi connectivity index (χ2n) is 3.37. The fourth-order valence-electron chi connectivity index (χ4n) is 1.18. The van der Waals surface area contributed by atoms with Gasteiger partial charge in [0, 0.05) is 13.2 Å². The molecule has 0 aromatic heterocycles. The van der Waals surface area contributed by atoms with Crippen molar-refractivity contribution in [2.45, 2.75) is 45.4 Å². The number of ether oxygens (including phenoxy) is 1. The van der Waals surface area contributed by atoms with Crippen LogP contribution in [0.5, 0.6) is 0 Å². The van der Waals surface area contributed by atoms with Crippen molar-refractivity contribution in [2.75, 3.05) is 25.2 Å². The molecule has 0 aromatic carbocycles. The van der Waals surface area contributed by atoms with E-state index in [0.717, 1.165) is 13.2 Å². The minimum atomic E-state index is 0.965. The van der Waals surface area contributed by atoms with E-state index in [1.54, 1.807) is 0 Å². The number of rotatable bonds is 10. The van der Waals surface area contributed by atoms with Crippen LogP contribution in [0.4, 0.5) is 0 Å². The Morgan fingerprint density at radius 1 is 0.923 bits per heavy atom. The highest BCUT2D eigenvalue weighted by atomic mass is 32.2. The molecule has 0 saturated carbocycles. The van der Waals surface area contributed by atoms with E-state index in [9.17, 15) is 0 Å². The van der Waals surface area contributed by atoms with Crippen LogP contribution in [0, 0.1) is 0 Å². The van der Waals surface area contributed by atoms with Crippen molar-refractivity contribution in [1.29, 1.82) is 0 Å². The maximum Gasteiger partial charge on any atom is 0.0466 e. The van der Waals surface area contributed by atoms with Crippen LogP contribution in [0.15, 0.2) is 0 Å². The van der Waals surface area contributed by atoms with Crippen molar-refractivity contribution in [3.05, 3.63) is 0 Å². The third kappa shape index (κ3) is 12.3. The highest BCUT2D eigenvalue weighted by Gasteiger charge is 1.90. The number of thioether (sulfide) groups is 1. The van der Waals surface area contributed by atoms with E-state index in [0.29, 0.717) is 0 Å². The molecule has 0 heterocycles. The lowest BCUT2D eigenvalue weighted by Gasteiger charge is -2.03. The first-order chi connectivity index (χ1) is 6.41. The minimum absolute atomic E-state index is 0.965. The van der Waals surface area contributed by atoms with Crippen molar-refractivity contribution in [2.24, 2.45) is 0 Å². The maximum atomic E-state index is 5.52. The Bertz CT molecular complexity index is 76.2. The lowest BCUT2D eigenvalue weighted by Crippen LogP contribution is -1.97. The molecule has 0 aliphatic carbocycles. The average molecular weight is 204 g/mol. The molecule has 0 saturated heterocycles. The molecule has 0 N–H and O–H groups in total. The van der Waals surface area contributed by atoms with Gasteiger partial charge in [0.05, 0.1) is 0 Å². The maximum absolute atomic E-state index is 5.52. The number of unbranched alkanes of at least 4 members (excludes halogenated alkanes) is 4. The van der Waals surface area contributed by atoms with Crippen LogP contribution in [0.25, 0.3) is 0 Å². The summed E-state index contributed by atoms with van der Waals surface area (Å²) >= 11 is 1.92. The van der Waals surface area contributed by atoms with Gasteiger partial charge in [0.2, 0.25) is 0 Å². The molecule has 0 atom stereocenters. The van der Waals surface area contributed by atoms with Crippen molar-refractivity contribution >= 4 is 11.8 Å². The van der Waals surface area contributed by atoms with E-state index in [1.807, 2.05) is 11.8 Å². The summed E-state index contributed by atoms with van der Waals surface area (Å²) in [5.74, 6) is 1.28. The SMILES string of the molecule is CCCCCCOCCCCSC. The molecule has 2 heteroatoms. The van der Waals surface area contributed by atoms with Crippen molar-refractivity contribution in [3.8, 4) is 0 Å². The predicted octanol–water partition coefficient (Wildman–Crippen LogP) is 3.73. The van der Waals surface area contributed by atoms with Gasteiger partial charge in [-0.2, -0.15) is 11.8 Å². The molecule has 0 spiro atoms. The summed E-state index contributed by atoms with van der Waals surface area (Å²) in [5, 5.41) is 0. The molecule has 0 aliphatic rings. The average Bonchev–Trinajstić information content (AvgIpc) is 2.16. The van der Waals surface area contributed by atoms with Gasteiger partial charge in [0.25, 0.3) is 0 Å². The molecule has 0 amide bonds. The highest BCUT2D eigenvalue weighted by Crippen LogP contribution is 2.01. The van der Waals surface area contributed by atoms with Gasteiger partial charge in [0.15, 0.2) is 0 Å². The lowest BCUT2D eigenvalue weighted by atomic mass is 10.2. The van der Waals surface area contributed by atoms with Crippen LogP contribution in [0.2, 0.25) is 0 Å². The molecule has 0 radical (unpaired) electrons. The first kappa shape index (κ1) is 13.3. The van der Waals surface area contributed by atoms with Crippen molar-refractivity contribution in [1.82, 2.24) is 0 Å². The molecular formula is C11H24OS. The Kier molecular flexibility index (Phi) is 12.6. The molecule has 80 valence electrons. The Morgan fingerprint density at radius 2 is 1.62 bits per heavy atom.